The molecular weight excluding hydrogens is 667 g/mol. The number of aliphatic hydroxyl groups is 1. The van der Waals surface area contributed by atoms with Crippen LogP contribution in [-0.4, -0.2) is 72.4 Å². The predicted octanol–water partition coefficient (Wildman–Crippen LogP) is 12.9. The van der Waals surface area contributed by atoms with Gasteiger partial charge in [-0.05, 0) is 70.2 Å². The molecule has 0 radical (unpaired) electrons. The maximum absolute atomic E-state index is 12.9. The molecule has 52 heavy (non-hydrogen) atoms. The van der Waals surface area contributed by atoms with E-state index in [0.717, 1.165) is 115 Å². The van der Waals surface area contributed by atoms with Crippen LogP contribution in [0.25, 0.3) is 0 Å². The minimum Gasteiger partial charge on any atom is -0.465 e. The Morgan fingerprint density at radius 3 is 1.40 bits per heavy atom. The third kappa shape index (κ3) is 33.8. The van der Waals surface area contributed by atoms with Crippen molar-refractivity contribution in [1.29, 1.82) is 0 Å². The van der Waals surface area contributed by atoms with Gasteiger partial charge in [-0.3, -0.25) is 9.59 Å². The lowest BCUT2D eigenvalue weighted by atomic mass is 9.94. The summed E-state index contributed by atoms with van der Waals surface area (Å²) in [5.41, 5.74) is 0. The molecular formula is C45H89NO5S. The van der Waals surface area contributed by atoms with Crippen LogP contribution in [0.1, 0.15) is 220 Å². The number of aliphatic hydroxyl groups excluding tert-OH is 1. The van der Waals surface area contributed by atoms with E-state index in [1.165, 1.54) is 103 Å². The molecule has 0 bridgehead atoms. The van der Waals surface area contributed by atoms with Crippen molar-refractivity contribution in [2.75, 3.05) is 45.2 Å². The molecule has 0 spiro atoms. The molecule has 310 valence electrons. The predicted molar refractivity (Wildman–Crippen MR) is 226 cm³/mol. The van der Waals surface area contributed by atoms with E-state index in [1.807, 2.05) is 11.8 Å². The number of hydrogen-bond acceptors (Lipinski definition) is 7. The number of carbonyl (C=O) groups excluding carboxylic acids is 2. The van der Waals surface area contributed by atoms with E-state index < -0.39 is 0 Å². The summed E-state index contributed by atoms with van der Waals surface area (Å²) in [6, 6.07) is 0. The third-order valence-electron chi connectivity index (χ3n) is 10.4. The summed E-state index contributed by atoms with van der Waals surface area (Å²) < 4.78 is 11.5. The van der Waals surface area contributed by atoms with Crippen molar-refractivity contribution in [3.8, 4) is 0 Å². The molecule has 0 rings (SSSR count). The van der Waals surface area contributed by atoms with Gasteiger partial charge in [0.15, 0.2) is 0 Å². The molecule has 0 aliphatic carbocycles. The molecule has 0 fully saturated rings. The molecule has 0 heterocycles. The number of rotatable bonds is 42. The Bertz CT molecular complexity index is 695. The maximum Gasteiger partial charge on any atom is 0.319 e. The average Bonchev–Trinajstić information content (AvgIpc) is 3.14. The summed E-state index contributed by atoms with van der Waals surface area (Å²) in [7, 11) is 0. The number of esters is 2. The molecule has 0 saturated heterocycles. The van der Waals surface area contributed by atoms with Crippen LogP contribution < -0.4 is 0 Å². The first-order chi connectivity index (χ1) is 25.5. The van der Waals surface area contributed by atoms with Gasteiger partial charge in [0.2, 0.25) is 0 Å². The van der Waals surface area contributed by atoms with E-state index in [2.05, 4.69) is 32.6 Å². The van der Waals surface area contributed by atoms with E-state index in [9.17, 15) is 14.7 Å². The second-order valence-electron chi connectivity index (χ2n) is 15.5. The monoisotopic (exact) mass is 756 g/mol. The molecule has 0 amide bonds. The highest BCUT2D eigenvalue weighted by atomic mass is 32.2. The van der Waals surface area contributed by atoms with E-state index in [4.69, 9.17) is 9.47 Å². The van der Waals surface area contributed by atoms with E-state index in [0.29, 0.717) is 13.2 Å². The molecule has 1 N–H and O–H groups in total. The average molecular weight is 756 g/mol. The van der Waals surface area contributed by atoms with Crippen LogP contribution in [0.4, 0.5) is 0 Å². The number of carbonyl (C=O) groups is 2. The molecule has 0 aromatic rings. The van der Waals surface area contributed by atoms with E-state index in [-0.39, 0.29) is 29.7 Å². The zero-order valence-electron chi connectivity index (χ0n) is 35.3. The van der Waals surface area contributed by atoms with Gasteiger partial charge in [-0.15, -0.1) is 11.8 Å². The molecule has 0 aromatic carbocycles. The zero-order chi connectivity index (χ0) is 38.2. The molecule has 6 nitrogen and oxygen atoms in total. The number of nitrogens with zero attached hydrogens (tertiary/aromatic N) is 1. The van der Waals surface area contributed by atoms with Crippen molar-refractivity contribution in [2.45, 2.75) is 226 Å². The van der Waals surface area contributed by atoms with Crippen LogP contribution in [0.3, 0.4) is 0 Å². The highest BCUT2D eigenvalue weighted by Crippen LogP contribution is 2.23. The summed E-state index contributed by atoms with van der Waals surface area (Å²) in [6.07, 6.45) is 35.0. The highest BCUT2D eigenvalue weighted by molar-refractivity contribution is 8.00. The molecule has 0 aliphatic rings. The third-order valence-corrected chi connectivity index (χ3v) is 11.8. The zero-order valence-corrected chi connectivity index (χ0v) is 36.1. The van der Waals surface area contributed by atoms with Crippen molar-refractivity contribution in [2.24, 2.45) is 5.92 Å². The number of ether oxygens (including phenoxy) is 2. The quantitative estimate of drug-likeness (QED) is 0.0491. The molecule has 0 aliphatic heterocycles. The van der Waals surface area contributed by atoms with Gasteiger partial charge in [-0.25, -0.2) is 0 Å². The fraction of sp³-hybridized carbons (Fsp3) is 0.956. The molecule has 2 unspecified atom stereocenters. The summed E-state index contributed by atoms with van der Waals surface area (Å²) in [6.45, 7) is 13.0. The SMILES string of the molecule is CCCCCCCCC(CCCCCC)C(=O)OCCCCCCN(CCO)CCCCCCOC(=O)C(CCCCCC)SCCCCCCC. The Morgan fingerprint density at radius 1 is 0.481 bits per heavy atom. The Hall–Kier alpha value is -0.790. The van der Waals surface area contributed by atoms with Crippen molar-refractivity contribution in [3.05, 3.63) is 0 Å². The van der Waals surface area contributed by atoms with Crippen LogP contribution in [0, 0.1) is 5.92 Å². The Labute approximate surface area is 328 Å². The van der Waals surface area contributed by atoms with Gasteiger partial charge in [0.05, 0.1) is 25.7 Å². The lowest BCUT2D eigenvalue weighted by Crippen LogP contribution is -2.29. The maximum atomic E-state index is 12.9. The van der Waals surface area contributed by atoms with Crippen molar-refractivity contribution < 1.29 is 24.2 Å². The van der Waals surface area contributed by atoms with E-state index >= 15 is 0 Å². The van der Waals surface area contributed by atoms with Crippen LogP contribution in [0.15, 0.2) is 0 Å². The number of thioether (sulfide) groups is 1. The largest absolute Gasteiger partial charge is 0.465 e. The van der Waals surface area contributed by atoms with Gasteiger partial charge in [0.25, 0.3) is 0 Å². The summed E-state index contributed by atoms with van der Waals surface area (Å²) in [5.74, 6) is 1.20. The first-order valence-electron chi connectivity index (χ1n) is 22.8. The lowest BCUT2D eigenvalue weighted by molar-refractivity contribution is -0.149. The van der Waals surface area contributed by atoms with Gasteiger partial charge in [0.1, 0.15) is 5.25 Å². The second-order valence-corrected chi connectivity index (χ2v) is 16.8. The Balaban J connectivity index is 4.20. The van der Waals surface area contributed by atoms with Crippen LogP contribution in [0.2, 0.25) is 0 Å². The van der Waals surface area contributed by atoms with E-state index in [1.54, 1.807) is 0 Å². The fourth-order valence-electron chi connectivity index (χ4n) is 6.94. The smallest absolute Gasteiger partial charge is 0.319 e. The summed E-state index contributed by atoms with van der Waals surface area (Å²) in [5, 5.41) is 9.60. The number of unbranched alkanes of at least 4 members (excludes halogenated alkanes) is 21. The standard InChI is InChI=1S/C45H89NO5S/c1-5-9-13-17-18-25-33-42(32-24-15-11-7-3)44(48)50-39-29-21-19-27-35-46(37-38-47)36-28-20-22-30-40-51-45(49)43(34-26-16-12-8-4)52-41-31-23-14-10-6-2/h42-43,47H,5-41H2,1-4H3. The Morgan fingerprint density at radius 2 is 0.885 bits per heavy atom. The molecule has 0 saturated carbocycles. The van der Waals surface area contributed by atoms with Crippen LogP contribution in [-0.2, 0) is 19.1 Å². The topological polar surface area (TPSA) is 76.1 Å². The first-order valence-corrected chi connectivity index (χ1v) is 23.9. The summed E-state index contributed by atoms with van der Waals surface area (Å²) >= 11 is 1.83. The summed E-state index contributed by atoms with van der Waals surface area (Å²) in [4.78, 5) is 28.2. The van der Waals surface area contributed by atoms with Crippen molar-refractivity contribution in [1.82, 2.24) is 4.90 Å². The van der Waals surface area contributed by atoms with Crippen LogP contribution in [0.5, 0.6) is 0 Å². The van der Waals surface area contributed by atoms with Gasteiger partial charge in [-0.2, -0.15) is 0 Å². The molecule has 7 heteroatoms. The fourth-order valence-corrected chi connectivity index (χ4v) is 8.13. The van der Waals surface area contributed by atoms with Crippen molar-refractivity contribution in [3.63, 3.8) is 0 Å². The number of hydrogen-bond donors (Lipinski definition) is 1. The second kappa shape index (κ2) is 41.4. The lowest BCUT2D eigenvalue weighted by Gasteiger charge is -2.21. The highest BCUT2D eigenvalue weighted by Gasteiger charge is 2.21. The van der Waals surface area contributed by atoms with Crippen molar-refractivity contribution >= 4 is 23.7 Å². The molecule has 2 atom stereocenters. The van der Waals surface area contributed by atoms with Gasteiger partial charge in [0, 0.05) is 6.54 Å². The Kier molecular flexibility index (Phi) is 40.7. The van der Waals surface area contributed by atoms with Gasteiger partial charge < -0.3 is 19.5 Å². The molecule has 0 aromatic heterocycles. The van der Waals surface area contributed by atoms with Gasteiger partial charge >= 0.3 is 11.9 Å². The minimum atomic E-state index is 0.00210. The van der Waals surface area contributed by atoms with Gasteiger partial charge in [-0.1, -0.05) is 169 Å². The minimum absolute atomic E-state index is 0.00210. The first kappa shape index (κ1) is 51.2. The van der Waals surface area contributed by atoms with Crippen LogP contribution >= 0.6 is 11.8 Å². The normalized spacial score (nSPS) is 12.7.